The van der Waals surface area contributed by atoms with Crippen LogP contribution in [0.3, 0.4) is 0 Å². The predicted octanol–water partition coefficient (Wildman–Crippen LogP) is 1.23. The first-order valence-electron chi connectivity index (χ1n) is 6.10. The summed E-state index contributed by atoms with van der Waals surface area (Å²) < 4.78 is 28.6. The smallest absolute Gasteiger partial charge is 0.242 e. The Labute approximate surface area is 109 Å². The molecule has 0 aromatic carbocycles. The standard InChI is InChI=1S/C12H22N2O3S/c1-5-9(2)10(3)13-18(16,17)12-6-11(8-15)14(4)7-12/h6-7,9-10,13,15H,5,8H2,1-4H3. The number of rotatable bonds is 6. The fourth-order valence-corrected chi connectivity index (χ4v) is 3.11. The van der Waals surface area contributed by atoms with Crippen LogP contribution in [-0.2, 0) is 23.7 Å². The van der Waals surface area contributed by atoms with Crippen LogP contribution >= 0.6 is 0 Å². The molecule has 18 heavy (non-hydrogen) atoms. The summed E-state index contributed by atoms with van der Waals surface area (Å²) in [5, 5.41) is 9.07. The zero-order valence-electron chi connectivity index (χ0n) is 11.3. The number of aliphatic hydroxyl groups is 1. The number of hydrogen-bond donors (Lipinski definition) is 2. The quantitative estimate of drug-likeness (QED) is 0.819. The highest BCUT2D eigenvalue weighted by Crippen LogP contribution is 2.16. The average molecular weight is 274 g/mol. The molecule has 0 fully saturated rings. The van der Waals surface area contributed by atoms with Gasteiger partial charge in [0, 0.05) is 25.0 Å². The van der Waals surface area contributed by atoms with Crippen molar-refractivity contribution in [2.45, 2.75) is 44.7 Å². The molecule has 1 aromatic heterocycles. The summed E-state index contributed by atoms with van der Waals surface area (Å²) in [5.74, 6) is 0.279. The van der Waals surface area contributed by atoms with E-state index in [1.54, 1.807) is 11.6 Å². The molecule has 1 aromatic rings. The van der Waals surface area contributed by atoms with Gasteiger partial charge in [-0.05, 0) is 18.9 Å². The van der Waals surface area contributed by atoms with Gasteiger partial charge in [0.2, 0.25) is 10.0 Å². The Balaban J connectivity index is 2.92. The third-order valence-electron chi connectivity index (χ3n) is 3.39. The zero-order chi connectivity index (χ0) is 13.9. The van der Waals surface area contributed by atoms with Crippen LogP contribution in [0.4, 0.5) is 0 Å². The summed E-state index contributed by atoms with van der Waals surface area (Å²) >= 11 is 0. The lowest BCUT2D eigenvalue weighted by atomic mass is 10.0. The van der Waals surface area contributed by atoms with E-state index in [4.69, 9.17) is 5.11 Å². The van der Waals surface area contributed by atoms with E-state index in [2.05, 4.69) is 4.72 Å². The van der Waals surface area contributed by atoms with Gasteiger partial charge in [-0.1, -0.05) is 20.3 Å². The van der Waals surface area contributed by atoms with E-state index in [0.29, 0.717) is 5.69 Å². The second-order valence-corrected chi connectivity index (χ2v) is 6.45. The van der Waals surface area contributed by atoms with Gasteiger partial charge in [0.15, 0.2) is 0 Å². The van der Waals surface area contributed by atoms with E-state index in [1.807, 2.05) is 20.8 Å². The summed E-state index contributed by atoms with van der Waals surface area (Å²) in [6, 6.07) is 1.38. The highest BCUT2D eigenvalue weighted by molar-refractivity contribution is 7.89. The molecule has 0 aliphatic rings. The van der Waals surface area contributed by atoms with E-state index < -0.39 is 10.0 Å². The summed E-state index contributed by atoms with van der Waals surface area (Å²) in [6.07, 6.45) is 2.43. The Kier molecular flexibility index (Phi) is 4.95. The molecular formula is C12H22N2O3S. The van der Waals surface area contributed by atoms with Crippen molar-refractivity contribution >= 4 is 10.0 Å². The third-order valence-corrected chi connectivity index (χ3v) is 4.92. The molecule has 0 aliphatic carbocycles. The van der Waals surface area contributed by atoms with Crippen LogP contribution in [-0.4, -0.2) is 24.1 Å². The van der Waals surface area contributed by atoms with Gasteiger partial charge in [-0.3, -0.25) is 0 Å². The van der Waals surface area contributed by atoms with Crippen LogP contribution < -0.4 is 4.72 Å². The molecule has 104 valence electrons. The van der Waals surface area contributed by atoms with Crippen molar-refractivity contribution in [3.63, 3.8) is 0 Å². The van der Waals surface area contributed by atoms with Crippen molar-refractivity contribution in [3.05, 3.63) is 18.0 Å². The van der Waals surface area contributed by atoms with Crippen LogP contribution in [0.25, 0.3) is 0 Å². The SMILES string of the molecule is CCC(C)C(C)NS(=O)(=O)c1cc(CO)n(C)c1. The Bertz CT molecular complexity index is 493. The Morgan fingerprint density at radius 1 is 1.44 bits per heavy atom. The van der Waals surface area contributed by atoms with E-state index in [-0.39, 0.29) is 23.5 Å². The lowest BCUT2D eigenvalue weighted by Crippen LogP contribution is -2.36. The fourth-order valence-electron chi connectivity index (χ4n) is 1.66. The molecule has 0 spiro atoms. The predicted molar refractivity (Wildman–Crippen MR) is 70.6 cm³/mol. The Morgan fingerprint density at radius 3 is 2.50 bits per heavy atom. The highest BCUT2D eigenvalue weighted by Gasteiger charge is 2.22. The minimum Gasteiger partial charge on any atom is -0.390 e. The van der Waals surface area contributed by atoms with Crippen LogP contribution in [0.5, 0.6) is 0 Å². The first-order valence-corrected chi connectivity index (χ1v) is 7.58. The van der Waals surface area contributed by atoms with Gasteiger partial charge < -0.3 is 9.67 Å². The first-order chi connectivity index (χ1) is 8.31. The first kappa shape index (κ1) is 15.2. The zero-order valence-corrected chi connectivity index (χ0v) is 12.2. The number of aryl methyl sites for hydroxylation is 1. The molecule has 0 radical (unpaired) electrons. The van der Waals surface area contributed by atoms with Crippen molar-refractivity contribution in [3.8, 4) is 0 Å². The van der Waals surface area contributed by atoms with Crippen LogP contribution in [0.15, 0.2) is 17.2 Å². The molecule has 1 heterocycles. The number of aliphatic hydroxyl groups excluding tert-OH is 1. The molecule has 0 amide bonds. The molecule has 2 unspecified atom stereocenters. The lowest BCUT2D eigenvalue weighted by Gasteiger charge is -2.19. The molecule has 0 bridgehead atoms. The van der Waals surface area contributed by atoms with E-state index in [0.717, 1.165) is 6.42 Å². The molecule has 2 atom stereocenters. The topological polar surface area (TPSA) is 71.3 Å². The molecule has 0 saturated carbocycles. The summed E-state index contributed by atoms with van der Waals surface area (Å²) in [4.78, 5) is 0.198. The van der Waals surface area contributed by atoms with Crippen molar-refractivity contribution in [1.29, 1.82) is 0 Å². The van der Waals surface area contributed by atoms with Crippen molar-refractivity contribution in [2.75, 3.05) is 0 Å². The number of nitrogens with one attached hydrogen (secondary N) is 1. The highest BCUT2D eigenvalue weighted by atomic mass is 32.2. The molecule has 5 nitrogen and oxygen atoms in total. The van der Waals surface area contributed by atoms with Crippen molar-refractivity contribution < 1.29 is 13.5 Å². The second kappa shape index (κ2) is 5.86. The number of sulfonamides is 1. The normalized spacial score (nSPS) is 15.6. The maximum Gasteiger partial charge on any atom is 0.242 e. The van der Waals surface area contributed by atoms with E-state index in [1.165, 1.54) is 12.3 Å². The van der Waals surface area contributed by atoms with Crippen molar-refractivity contribution in [1.82, 2.24) is 9.29 Å². The van der Waals surface area contributed by atoms with Gasteiger partial charge in [0.1, 0.15) is 0 Å². The summed E-state index contributed by atoms with van der Waals surface area (Å²) in [6.45, 7) is 5.73. The van der Waals surface area contributed by atoms with Crippen LogP contribution in [0.1, 0.15) is 32.9 Å². The molecule has 6 heteroatoms. The lowest BCUT2D eigenvalue weighted by molar-refractivity contribution is 0.272. The van der Waals surface area contributed by atoms with Gasteiger partial charge in [-0.2, -0.15) is 0 Å². The van der Waals surface area contributed by atoms with E-state index >= 15 is 0 Å². The molecule has 0 aliphatic heterocycles. The Hall–Kier alpha value is -0.850. The fraction of sp³-hybridized carbons (Fsp3) is 0.667. The average Bonchev–Trinajstić information content (AvgIpc) is 2.69. The van der Waals surface area contributed by atoms with Gasteiger partial charge in [-0.15, -0.1) is 0 Å². The Morgan fingerprint density at radius 2 is 2.06 bits per heavy atom. The summed E-state index contributed by atoms with van der Waals surface area (Å²) in [7, 11) is -1.80. The minimum absolute atomic E-state index is 0.113. The van der Waals surface area contributed by atoms with Crippen LogP contribution in [0.2, 0.25) is 0 Å². The van der Waals surface area contributed by atoms with Gasteiger partial charge >= 0.3 is 0 Å². The molecule has 1 rings (SSSR count). The largest absolute Gasteiger partial charge is 0.390 e. The number of aromatic nitrogens is 1. The molecule has 2 N–H and O–H groups in total. The monoisotopic (exact) mass is 274 g/mol. The maximum atomic E-state index is 12.1. The molecule has 0 saturated heterocycles. The second-order valence-electron chi connectivity index (χ2n) is 4.73. The maximum absolute atomic E-state index is 12.1. The minimum atomic E-state index is -3.51. The third kappa shape index (κ3) is 3.34. The summed E-state index contributed by atoms with van der Waals surface area (Å²) in [5.41, 5.74) is 0.576. The van der Waals surface area contributed by atoms with Crippen LogP contribution in [0, 0.1) is 5.92 Å². The van der Waals surface area contributed by atoms with Gasteiger partial charge in [0.25, 0.3) is 0 Å². The number of nitrogens with zero attached hydrogens (tertiary/aromatic N) is 1. The van der Waals surface area contributed by atoms with E-state index in [9.17, 15) is 8.42 Å². The molecular weight excluding hydrogens is 252 g/mol. The van der Waals surface area contributed by atoms with Gasteiger partial charge in [0.05, 0.1) is 11.5 Å². The van der Waals surface area contributed by atoms with Gasteiger partial charge in [-0.25, -0.2) is 13.1 Å². The number of hydrogen-bond acceptors (Lipinski definition) is 3. The van der Waals surface area contributed by atoms with Crippen molar-refractivity contribution in [2.24, 2.45) is 13.0 Å².